The number of aromatic nitrogens is 4. The molecular weight excluding hydrogens is 569 g/mol. The molecule has 2 aromatic carbocycles. The number of hydrogen-bond donors (Lipinski definition) is 0. The van der Waals surface area contributed by atoms with Gasteiger partial charge in [0, 0.05) is 50.3 Å². The van der Waals surface area contributed by atoms with Crippen molar-refractivity contribution in [2.24, 2.45) is 14.1 Å². The van der Waals surface area contributed by atoms with Gasteiger partial charge in [-0.15, -0.1) is 0 Å². The molecule has 41 heavy (non-hydrogen) atoms. The van der Waals surface area contributed by atoms with E-state index in [1.54, 1.807) is 41.9 Å². The molecule has 1 atom stereocenters. The molecule has 212 valence electrons. The maximum Gasteiger partial charge on any atom is 0.332 e. The molecule has 6 rings (SSSR count). The van der Waals surface area contributed by atoms with Crippen LogP contribution < -0.4 is 21.0 Å². The van der Waals surface area contributed by atoms with Gasteiger partial charge in [-0.3, -0.25) is 33.0 Å². The molecule has 0 bridgehead atoms. The summed E-state index contributed by atoms with van der Waals surface area (Å²) in [7, 11) is 3.04. The van der Waals surface area contributed by atoms with Crippen LogP contribution in [-0.4, -0.2) is 67.6 Å². The molecule has 2 aliphatic heterocycles. The molecule has 4 aromatic rings. The van der Waals surface area contributed by atoms with Crippen LogP contribution in [0.5, 0.6) is 0 Å². The van der Waals surface area contributed by atoms with Crippen molar-refractivity contribution in [1.82, 2.24) is 23.6 Å². The van der Waals surface area contributed by atoms with Gasteiger partial charge in [-0.1, -0.05) is 47.5 Å². The number of aryl methyl sites for hydroxylation is 1. The highest BCUT2D eigenvalue weighted by Gasteiger charge is 2.43. The van der Waals surface area contributed by atoms with E-state index in [0.29, 0.717) is 53.4 Å². The van der Waals surface area contributed by atoms with Crippen molar-refractivity contribution in [3.63, 3.8) is 0 Å². The largest absolute Gasteiger partial charge is 0.340 e. The summed E-state index contributed by atoms with van der Waals surface area (Å²) in [5, 5.41) is 1.01. The highest BCUT2D eigenvalue weighted by Crippen LogP contribution is 2.30. The number of rotatable bonds is 5. The smallest absolute Gasteiger partial charge is 0.332 e. The van der Waals surface area contributed by atoms with Crippen molar-refractivity contribution in [3.05, 3.63) is 85.0 Å². The molecule has 0 saturated carbocycles. The number of imide groups is 1. The number of hydrogen-bond acceptors (Lipinski definition) is 7. The minimum Gasteiger partial charge on any atom is -0.340 e. The highest BCUT2D eigenvalue weighted by molar-refractivity contribution is 6.31. The van der Waals surface area contributed by atoms with Crippen LogP contribution in [-0.2, 0) is 30.2 Å². The van der Waals surface area contributed by atoms with Crippen LogP contribution in [0.1, 0.15) is 12.0 Å². The van der Waals surface area contributed by atoms with E-state index in [0.717, 1.165) is 10.1 Å². The Labute approximate surface area is 244 Å². The first-order valence-electron chi connectivity index (χ1n) is 13.2. The summed E-state index contributed by atoms with van der Waals surface area (Å²) in [6, 6.07) is 13.5. The summed E-state index contributed by atoms with van der Waals surface area (Å²) in [6.07, 6.45) is 0.0918. The standard InChI is InChI=1S/C28H27Cl2N7O4/c1-32-24-23(26(40)33(2)28(32)41)36(16-17-6-3-4-9-20(17)30)27(31-24)35-12-10-34(11-13-35)21-15-22(38)37(25(21)39)19-8-5-7-18(29)14-19/h3-9,14,21H,10-13,15-16H2,1-2H3. The van der Waals surface area contributed by atoms with E-state index < -0.39 is 17.3 Å². The molecule has 2 aliphatic rings. The Morgan fingerprint density at radius 3 is 2.34 bits per heavy atom. The topological polar surface area (TPSA) is 106 Å². The zero-order chi connectivity index (χ0) is 29.0. The number of piperazine rings is 1. The lowest BCUT2D eigenvalue weighted by molar-refractivity contribution is -0.123. The van der Waals surface area contributed by atoms with Crippen molar-refractivity contribution >= 4 is 57.8 Å². The first-order valence-corrected chi connectivity index (χ1v) is 13.9. The molecule has 2 saturated heterocycles. The third-order valence-corrected chi connectivity index (χ3v) is 8.45. The van der Waals surface area contributed by atoms with Crippen molar-refractivity contribution < 1.29 is 9.59 Å². The molecule has 0 aliphatic carbocycles. The zero-order valence-corrected chi connectivity index (χ0v) is 24.0. The molecule has 2 fully saturated rings. The van der Waals surface area contributed by atoms with Crippen LogP contribution in [0.15, 0.2) is 58.1 Å². The Balaban J connectivity index is 1.30. The van der Waals surface area contributed by atoms with Gasteiger partial charge in [0.05, 0.1) is 24.7 Å². The van der Waals surface area contributed by atoms with Crippen molar-refractivity contribution in [2.75, 3.05) is 36.0 Å². The Morgan fingerprint density at radius 1 is 0.902 bits per heavy atom. The summed E-state index contributed by atoms with van der Waals surface area (Å²) >= 11 is 12.6. The van der Waals surface area contributed by atoms with Crippen molar-refractivity contribution in [2.45, 2.75) is 19.0 Å². The Hall–Kier alpha value is -3.93. The summed E-state index contributed by atoms with van der Waals surface area (Å²) in [4.78, 5) is 62.2. The van der Waals surface area contributed by atoms with Crippen LogP contribution in [0.4, 0.5) is 11.6 Å². The number of carbonyl (C=O) groups excluding carboxylic acids is 2. The number of imidazole rings is 1. The van der Waals surface area contributed by atoms with Crippen LogP contribution in [0.25, 0.3) is 11.2 Å². The third-order valence-electron chi connectivity index (χ3n) is 7.84. The van der Waals surface area contributed by atoms with E-state index in [9.17, 15) is 19.2 Å². The summed E-state index contributed by atoms with van der Waals surface area (Å²) in [5.41, 5.74) is 0.963. The van der Waals surface area contributed by atoms with Gasteiger partial charge in [0.1, 0.15) is 0 Å². The second kappa shape index (κ2) is 10.5. The number of amides is 2. The molecule has 11 nitrogen and oxygen atoms in total. The number of halogens is 2. The summed E-state index contributed by atoms with van der Waals surface area (Å²) in [6.45, 7) is 2.27. The van der Waals surface area contributed by atoms with Crippen LogP contribution in [0.2, 0.25) is 10.0 Å². The Kier molecular flexibility index (Phi) is 6.96. The molecule has 0 radical (unpaired) electrons. The molecular formula is C28H27Cl2N7O4. The predicted molar refractivity (Wildman–Crippen MR) is 157 cm³/mol. The van der Waals surface area contributed by atoms with Crippen molar-refractivity contribution in [3.8, 4) is 0 Å². The number of benzene rings is 2. The zero-order valence-electron chi connectivity index (χ0n) is 22.5. The van der Waals surface area contributed by atoms with E-state index in [-0.39, 0.29) is 30.4 Å². The number of anilines is 2. The normalized spacial score (nSPS) is 18.2. The molecule has 0 N–H and O–H groups in total. The number of nitrogens with zero attached hydrogens (tertiary/aromatic N) is 7. The number of fused-ring (bicyclic) bond motifs is 1. The molecule has 2 amide bonds. The fourth-order valence-corrected chi connectivity index (χ4v) is 6.02. The summed E-state index contributed by atoms with van der Waals surface area (Å²) < 4.78 is 4.25. The molecule has 2 aromatic heterocycles. The lowest BCUT2D eigenvalue weighted by atomic mass is 10.1. The van der Waals surface area contributed by atoms with Gasteiger partial charge in [-0.05, 0) is 29.8 Å². The average Bonchev–Trinajstić information content (AvgIpc) is 3.48. The van der Waals surface area contributed by atoms with E-state index in [1.807, 2.05) is 28.0 Å². The molecule has 1 unspecified atom stereocenters. The maximum absolute atomic E-state index is 13.3. The fraction of sp³-hybridized carbons (Fsp3) is 0.321. The van der Waals surface area contributed by atoms with Gasteiger partial charge in [-0.25, -0.2) is 9.69 Å². The first-order chi connectivity index (χ1) is 19.7. The molecule has 0 spiro atoms. The Morgan fingerprint density at radius 2 is 1.63 bits per heavy atom. The van der Waals surface area contributed by atoms with Crippen LogP contribution >= 0.6 is 23.2 Å². The maximum atomic E-state index is 13.3. The highest BCUT2D eigenvalue weighted by atomic mass is 35.5. The molecule has 13 heteroatoms. The first kappa shape index (κ1) is 27.3. The van der Waals surface area contributed by atoms with Crippen LogP contribution in [0.3, 0.4) is 0 Å². The second-order valence-corrected chi connectivity index (χ2v) is 11.1. The Bertz CT molecular complexity index is 1820. The summed E-state index contributed by atoms with van der Waals surface area (Å²) in [5.74, 6) is 0.00501. The quantitative estimate of drug-likeness (QED) is 0.326. The lowest BCUT2D eigenvalue weighted by Crippen LogP contribution is -2.53. The van der Waals surface area contributed by atoms with Crippen LogP contribution in [0, 0.1) is 0 Å². The second-order valence-electron chi connectivity index (χ2n) is 10.3. The van der Waals surface area contributed by atoms with Gasteiger partial charge in [0.15, 0.2) is 11.2 Å². The van der Waals surface area contributed by atoms with Gasteiger partial charge in [0.2, 0.25) is 11.9 Å². The minimum atomic E-state index is -0.571. The lowest BCUT2D eigenvalue weighted by Gasteiger charge is -2.37. The monoisotopic (exact) mass is 595 g/mol. The predicted octanol–water partition coefficient (Wildman–Crippen LogP) is 2.24. The van der Waals surface area contributed by atoms with Crippen molar-refractivity contribution in [1.29, 1.82) is 0 Å². The third kappa shape index (κ3) is 4.63. The molecule has 4 heterocycles. The van der Waals surface area contributed by atoms with Gasteiger partial charge in [0.25, 0.3) is 11.5 Å². The average molecular weight is 596 g/mol. The minimum absolute atomic E-state index is 0.0918. The van der Waals surface area contributed by atoms with E-state index in [1.165, 1.54) is 16.5 Å². The van der Waals surface area contributed by atoms with E-state index in [2.05, 4.69) is 0 Å². The van der Waals surface area contributed by atoms with E-state index >= 15 is 0 Å². The van der Waals surface area contributed by atoms with Gasteiger partial charge < -0.3 is 4.90 Å². The number of carbonyl (C=O) groups is 2. The van der Waals surface area contributed by atoms with Gasteiger partial charge >= 0.3 is 5.69 Å². The van der Waals surface area contributed by atoms with Gasteiger partial charge in [-0.2, -0.15) is 4.98 Å². The van der Waals surface area contributed by atoms with E-state index in [4.69, 9.17) is 28.2 Å². The fourth-order valence-electron chi connectivity index (χ4n) is 5.64. The SMILES string of the molecule is Cn1c(=O)c2c(nc(N3CCN(C4CC(=O)N(c5cccc(Cl)c5)C4=O)CC3)n2Cc2ccccc2Cl)n(C)c1=O.